The lowest BCUT2D eigenvalue weighted by Gasteiger charge is -2.10. The van der Waals surface area contributed by atoms with Crippen molar-refractivity contribution in [3.8, 4) is 11.3 Å². The molecular formula is C17H14BrClFN3. The summed E-state index contributed by atoms with van der Waals surface area (Å²) in [6, 6.07) is 12.5. The van der Waals surface area contributed by atoms with Gasteiger partial charge in [0, 0.05) is 28.7 Å². The minimum Gasteiger partial charge on any atom is -0.351 e. The van der Waals surface area contributed by atoms with E-state index in [1.54, 1.807) is 12.3 Å². The predicted molar refractivity (Wildman–Crippen MR) is 95.1 cm³/mol. The number of hydrogen-bond acceptors (Lipinski definition) is 2. The van der Waals surface area contributed by atoms with Gasteiger partial charge in [-0.1, -0.05) is 45.7 Å². The van der Waals surface area contributed by atoms with Gasteiger partial charge < -0.3 is 9.88 Å². The van der Waals surface area contributed by atoms with Gasteiger partial charge in [0.05, 0.1) is 11.9 Å². The van der Waals surface area contributed by atoms with E-state index in [0.29, 0.717) is 23.1 Å². The summed E-state index contributed by atoms with van der Waals surface area (Å²) in [7, 11) is 1.91. The average molecular weight is 395 g/mol. The second-order valence-corrected chi connectivity index (χ2v) is 6.38. The van der Waals surface area contributed by atoms with Gasteiger partial charge in [0.15, 0.2) is 0 Å². The number of hydrogen-bond donors (Lipinski definition) is 1. The molecule has 3 aromatic rings. The minimum atomic E-state index is -0.251. The van der Waals surface area contributed by atoms with E-state index >= 15 is 0 Å². The molecule has 0 radical (unpaired) electrons. The number of nitrogens with one attached hydrogen (secondary N) is 1. The molecule has 0 atom stereocenters. The minimum absolute atomic E-state index is 0.251. The highest BCUT2D eigenvalue weighted by Crippen LogP contribution is 2.25. The highest BCUT2D eigenvalue weighted by Gasteiger charge is 2.11. The Morgan fingerprint density at radius 3 is 2.65 bits per heavy atom. The lowest BCUT2D eigenvalue weighted by atomic mass is 10.2. The fourth-order valence-electron chi connectivity index (χ4n) is 2.33. The van der Waals surface area contributed by atoms with Gasteiger partial charge in [-0.25, -0.2) is 9.37 Å². The summed E-state index contributed by atoms with van der Waals surface area (Å²) in [5, 5.41) is 3.86. The van der Waals surface area contributed by atoms with Crippen LogP contribution in [0, 0.1) is 5.82 Å². The monoisotopic (exact) mass is 393 g/mol. The first-order valence-electron chi connectivity index (χ1n) is 7.00. The molecule has 1 N–H and O–H groups in total. The maximum atomic E-state index is 13.9. The van der Waals surface area contributed by atoms with Crippen molar-refractivity contribution in [3.63, 3.8) is 0 Å². The topological polar surface area (TPSA) is 29.9 Å². The lowest BCUT2D eigenvalue weighted by molar-refractivity contribution is 0.611. The first-order chi connectivity index (χ1) is 11.1. The van der Waals surface area contributed by atoms with Crippen molar-refractivity contribution in [3.05, 3.63) is 69.5 Å². The molecular weight excluding hydrogens is 381 g/mol. The summed E-state index contributed by atoms with van der Waals surface area (Å²) in [6.07, 6.45) is 1.78. The van der Waals surface area contributed by atoms with E-state index in [1.807, 2.05) is 41.9 Å². The largest absolute Gasteiger partial charge is 0.351 e. The maximum Gasteiger partial charge on any atom is 0.203 e. The summed E-state index contributed by atoms with van der Waals surface area (Å²) >= 11 is 9.28. The van der Waals surface area contributed by atoms with Crippen LogP contribution in [0.4, 0.5) is 10.3 Å². The SMILES string of the molecule is Cn1c(-c2ccc(Cl)cc2)cnc1NCc1c(F)cccc1Br. The van der Waals surface area contributed by atoms with Crippen molar-refractivity contribution in [2.45, 2.75) is 6.54 Å². The quantitative estimate of drug-likeness (QED) is 0.654. The van der Waals surface area contributed by atoms with Crippen molar-refractivity contribution in [1.29, 1.82) is 0 Å². The number of anilines is 1. The van der Waals surface area contributed by atoms with E-state index in [9.17, 15) is 4.39 Å². The molecule has 0 bridgehead atoms. The third-order valence-electron chi connectivity index (χ3n) is 3.61. The lowest BCUT2D eigenvalue weighted by Crippen LogP contribution is -2.07. The third-order valence-corrected chi connectivity index (χ3v) is 4.61. The highest BCUT2D eigenvalue weighted by atomic mass is 79.9. The third kappa shape index (κ3) is 3.41. The second kappa shape index (κ2) is 6.72. The molecule has 0 aliphatic heterocycles. The Labute approximate surface area is 147 Å². The van der Waals surface area contributed by atoms with Crippen LogP contribution in [0.5, 0.6) is 0 Å². The Kier molecular flexibility index (Phi) is 4.68. The molecule has 23 heavy (non-hydrogen) atoms. The molecule has 3 rings (SSSR count). The van der Waals surface area contributed by atoms with Crippen molar-refractivity contribution in [1.82, 2.24) is 9.55 Å². The molecule has 0 aliphatic carbocycles. The average Bonchev–Trinajstić information content (AvgIpc) is 2.89. The van der Waals surface area contributed by atoms with Gasteiger partial charge in [-0.3, -0.25) is 0 Å². The molecule has 0 spiro atoms. The van der Waals surface area contributed by atoms with Crippen molar-refractivity contribution >= 4 is 33.5 Å². The Balaban J connectivity index is 1.81. The molecule has 0 unspecified atom stereocenters. The Bertz CT molecular complexity index is 810. The number of nitrogens with zero attached hydrogens (tertiary/aromatic N) is 2. The van der Waals surface area contributed by atoms with Crippen LogP contribution in [0.1, 0.15) is 5.56 Å². The molecule has 1 aromatic heterocycles. The Morgan fingerprint density at radius 1 is 1.22 bits per heavy atom. The molecule has 0 saturated heterocycles. The zero-order valence-corrected chi connectivity index (χ0v) is 14.7. The van der Waals surface area contributed by atoms with Gasteiger partial charge in [-0.2, -0.15) is 0 Å². The number of imidazole rings is 1. The molecule has 6 heteroatoms. The predicted octanol–water partition coefficient (Wildman–Crippen LogP) is 5.25. The van der Waals surface area contributed by atoms with E-state index in [1.165, 1.54) is 6.07 Å². The van der Waals surface area contributed by atoms with Crippen molar-refractivity contribution < 1.29 is 4.39 Å². The molecule has 0 aliphatic rings. The molecule has 118 valence electrons. The first kappa shape index (κ1) is 16.0. The van der Waals surface area contributed by atoms with Gasteiger partial charge in [0.1, 0.15) is 5.82 Å². The van der Waals surface area contributed by atoms with E-state index in [-0.39, 0.29) is 5.82 Å². The summed E-state index contributed by atoms with van der Waals surface area (Å²) in [4.78, 5) is 4.37. The molecule has 2 aromatic carbocycles. The van der Waals surface area contributed by atoms with Crippen LogP contribution in [0.25, 0.3) is 11.3 Å². The smallest absolute Gasteiger partial charge is 0.203 e. The van der Waals surface area contributed by atoms with Crippen LogP contribution < -0.4 is 5.32 Å². The fraction of sp³-hybridized carbons (Fsp3) is 0.118. The fourth-order valence-corrected chi connectivity index (χ4v) is 2.94. The number of aromatic nitrogens is 2. The zero-order chi connectivity index (χ0) is 16.4. The highest BCUT2D eigenvalue weighted by molar-refractivity contribution is 9.10. The maximum absolute atomic E-state index is 13.9. The van der Waals surface area contributed by atoms with Crippen LogP contribution in [0.2, 0.25) is 5.02 Å². The van der Waals surface area contributed by atoms with Gasteiger partial charge in [0.2, 0.25) is 5.95 Å². The molecule has 0 fully saturated rings. The van der Waals surface area contributed by atoms with Crippen LogP contribution in [0.15, 0.2) is 53.1 Å². The number of benzene rings is 2. The van der Waals surface area contributed by atoms with E-state index in [0.717, 1.165) is 15.7 Å². The van der Waals surface area contributed by atoms with E-state index in [4.69, 9.17) is 11.6 Å². The summed E-state index contributed by atoms with van der Waals surface area (Å²) in [5.41, 5.74) is 2.55. The standard InChI is InChI=1S/C17H14BrClFN3/c1-23-16(11-5-7-12(19)8-6-11)10-22-17(23)21-9-13-14(18)3-2-4-15(13)20/h2-8,10H,9H2,1H3,(H,21,22). The zero-order valence-electron chi connectivity index (χ0n) is 12.4. The molecule has 0 saturated carbocycles. The van der Waals surface area contributed by atoms with Crippen LogP contribution >= 0.6 is 27.5 Å². The first-order valence-corrected chi connectivity index (χ1v) is 8.18. The van der Waals surface area contributed by atoms with Crippen LogP contribution in [-0.4, -0.2) is 9.55 Å². The number of halogens is 3. The van der Waals surface area contributed by atoms with E-state index in [2.05, 4.69) is 26.2 Å². The van der Waals surface area contributed by atoms with Crippen molar-refractivity contribution in [2.24, 2.45) is 7.05 Å². The molecule has 0 amide bonds. The Morgan fingerprint density at radius 2 is 1.96 bits per heavy atom. The summed E-state index contributed by atoms with van der Waals surface area (Å²) in [5.74, 6) is 0.420. The van der Waals surface area contributed by atoms with Gasteiger partial charge in [0.25, 0.3) is 0 Å². The normalized spacial score (nSPS) is 10.8. The van der Waals surface area contributed by atoms with Gasteiger partial charge in [-0.15, -0.1) is 0 Å². The van der Waals surface area contributed by atoms with Gasteiger partial charge in [-0.05, 0) is 29.8 Å². The molecule has 3 nitrogen and oxygen atoms in total. The summed E-state index contributed by atoms with van der Waals surface area (Å²) < 4.78 is 16.5. The number of rotatable bonds is 4. The Hall–Kier alpha value is -1.85. The van der Waals surface area contributed by atoms with Crippen LogP contribution in [0.3, 0.4) is 0 Å². The van der Waals surface area contributed by atoms with Crippen molar-refractivity contribution in [2.75, 3.05) is 5.32 Å². The van der Waals surface area contributed by atoms with Gasteiger partial charge >= 0.3 is 0 Å². The molecule has 1 heterocycles. The summed E-state index contributed by atoms with van der Waals surface area (Å²) in [6.45, 7) is 0.345. The second-order valence-electron chi connectivity index (χ2n) is 5.09. The van der Waals surface area contributed by atoms with Crippen LogP contribution in [-0.2, 0) is 13.6 Å². The van der Waals surface area contributed by atoms with E-state index < -0.39 is 0 Å².